The van der Waals surface area contributed by atoms with E-state index in [0.29, 0.717) is 36.7 Å². The van der Waals surface area contributed by atoms with Gasteiger partial charge >= 0.3 is 0 Å². The molecule has 1 aliphatic rings. The van der Waals surface area contributed by atoms with Crippen LogP contribution in [0.2, 0.25) is 0 Å². The van der Waals surface area contributed by atoms with E-state index in [2.05, 4.69) is 72.2 Å². The molecule has 0 saturated heterocycles. The van der Waals surface area contributed by atoms with Gasteiger partial charge in [-0.05, 0) is 66.1 Å². The Balaban J connectivity index is 1.38. The third kappa shape index (κ3) is 5.37. The van der Waals surface area contributed by atoms with Crippen molar-refractivity contribution in [3.63, 3.8) is 0 Å². The second-order valence-corrected chi connectivity index (χ2v) is 8.89. The molecule has 3 aromatic carbocycles. The maximum Gasteiger partial charge on any atom is 0.251 e. The van der Waals surface area contributed by atoms with Gasteiger partial charge in [-0.2, -0.15) is 0 Å². The SMILES string of the molecule is COCCNC(=O)c1ccc(C2CCCC(N[C@H](C)c3cccc4ccccc34)C2)cc1. The van der Waals surface area contributed by atoms with E-state index in [1.807, 2.05) is 12.1 Å². The maximum absolute atomic E-state index is 12.2. The van der Waals surface area contributed by atoms with Gasteiger partial charge in [0.25, 0.3) is 5.91 Å². The third-order valence-electron chi connectivity index (χ3n) is 6.69. The van der Waals surface area contributed by atoms with Crippen LogP contribution >= 0.6 is 0 Å². The predicted octanol–water partition coefficient (Wildman–Crippen LogP) is 5.59. The van der Waals surface area contributed by atoms with E-state index in [0.717, 1.165) is 6.42 Å². The van der Waals surface area contributed by atoms with E-state index < -0.39 is 0 Å². The van der Waals surface area contributed by atoms with Gasteiger partial charge in [0.1, 0.15) is 0 Å². The summed E-state index contributed by atoms with van der Waals surface area (Å²) < 4.78 is 4.99. The smallest absolute Gasteiger partial charge is 0.251 e. The number of carbonyl (C=O) groups is 1. The number of hydrogen-bond acceptors (Lipinski definition) is 3. The van der Waals surface area contributed by atoms with Crippen molar-refractivity contribution in [2.45, 2.75) is 50.6 Å². The number of methoxy groups -OCH3 is 1. The molecule has 0 spiro atoms. The van der Waals surface area contributed by atoms with Crippen molar-refractivity contribution in [1.29, 1.82) is 0 Å². The molecule has 4 rings (SSSR count). The lowest BCUT2D eigenvalue weighted by atomic mass is 9.80. The fraction of sp³-hybridized carbons (Fsp3) is 0.393. The molecule has 1 fully saturated rings. The van der Waals surface area contributed by atoms with Gasteiger partial charge < -0.3 is 15.4 Å². The van der Waals surface area contributed by atoms with Gasteiger partial charge in [0.05, 0.1) is 6.61 Å². The molecular formula is C28H34N2O2. The summed E-state index contributed by atoms with van der Waals surface area (Å²) in [5.41, 5.74) is 3.41. The largest absolute Gasteiger partial charge is 0.383 e. The Hall–Kier alpha value is -2.69. The molecule has 3 atom stereocenters. The van der Waals surface area contributed by atoms with E-state index in [1.165, 1.54) is 41.2 Å². The molecule has 4 heteroatoms. The van der Waals surface area contributed by atoms with Gasteiger partial charge in [-0.1, -0.05) is 61.0 Å². The van der Waals surface area contributed by atoms with Gasteiger partial charge in [0.2, 0.25) is 0 Å². The second-order valence-electron chi connectivity index (χ2n) is 8.89. The lowest BCUT2D eigenvalue weighted by molar-refractivity contribution is 0.0937. The fourth-order valence-corrected chi connectivity index (χ4v) is 4.99. The van der Waals surface area contributed by atoms with E-state index >= 15 is 0 Å². The number of rotatable bonds is 8. The maximum atomic E-state index is 12.2. The Labute approximate surface area is 191 Å². The molecule has 0 bridgehead atoms. The summed E-state index contributed by atoms with van der Waals surface area (Å²) in [6, 6.07) is 24.2. The summed E-state index contributed by atoms with van der Waals surface area (Å²) in [5, 5.41) is 9.42. The summed E-state index contributed by atoms with van der Waals surface area (Å²) in [4.78, 5) is 12.2. The lowest BCUT2D eigenvalue weighted by Gasteiger charge is -2.32. The lowest BCUT2D eigenvalue weighted by Crippen LogP contribution is -2.35. The molecular weight excluding hydrogens is 396 g/mol. The third-order valence-corrected chi connectivity index (χ3v) is 6.69. The van der Waals surface area contributed by atoms with Crippen LogP contribution in [0.4, 0.5) is 0 Å². The zero-order valence-corrected chi connectivity index (χ0v) is 19.1. The Morgan fingerprint density at radius 3 is 2.62 bits per heavy atom. The van der Waals surface area contributed by atoms with Gasteiger partial charge in [0, 0.05) is 31.3 Å². The molecule has 0 heterocycles. The van der Waals surface area contributed by atoms with Gasteiger partial charge in [0.15, 0.2) is 0 Å². The molecule has 1 amide bonds. The molecule has 3 aromatic rings. The van der Waals surface area contributed by atoms with Crippen LogP contribution in [0.1, 0.15) is 66.1 Å². The number of amides is 1. The Bertz CT molecular complexity index is 1030. The number of benzene rings is 3. The number of carbonyl (C=O) groups excluding carboxylic acids is 1. The van der Waals surface area contributed by atoms with Gasteiger partial charge in [-0.25, -0.2) is 0 Å². The van der Waals surface area contributed by atoms with E-state index in [4.69, 9.17) is 4.74 Å². The molecule has 168 valence electrons. The Morgan fingerprint density at radius 2 is 1.81 bits per heavy atom. The van der Waals surface area contributed by atoms with Crippen LogP contribution in [-0.2, 0) is 4.74 Å². The van der Waals surface area contributed by atoms with Crippen LogP contribution in [0.25, 0.3) is 10.8 Å². The first-order chi connectivity index (χ1) is 15.7. The normalized spacial score (nSPS) is 19.6. The molecule has 0 radical (unpaired) electrons. The molecule has 2 N–H and O–H groups in total. The molecule has 1 saturated carbocycles. The first-order valence-corrected chi connectivity index (χ1v) is 11.8. The average Bonchev–Trinajstić information content (AvgIpc) is 2.84. The van der Waals surface area contributed by atoms with Gasteiger partial charge in [-0.15, -0.1) is 0 Å². The highest BCUT2D eigenvalue weighted by molar-refractivity contribution is 5.94. The van der Waals surface area contributed by atoms with Crippen molar-refractivity contribution >= 4 is 16.7 Å². The molecule has 32 heavy (non-hydrogen) atoms. The minimum atomic E-state index is -0.0410. The molecule has 2 unspecified atom stereocenters. The van der Waals surface area contributed by atoms with Crippen LogP contribution in [0, 0.1) is 0 Å². The standard InChI is InChI=1S/C28H34N2O2/c1-20(26-12-6-8-22-7-3-4-11-27(22)26)30-25-10-5-9-24(19-25)21-13-15-23(16-14-21)28(31)29-17-18-32-2/h3-4,6-8,11-16,20,24-25,30H,5,9-10,17-19H2,1-2H3,(H,29,31)/t20-,24?,25?/m1/s1. The predicted molar refractivity (Wildman–Crippen MR) is 131 cm³/mol. The van der Waals surface area contributed by atoms with Crippen LogP contribution in [0.15, 0.2) is 66.7 Å². The zero-order chi connectivity index (χ0) is 22.3. The van der Waals surface area contributed by atoms with E-state index in [9.17, 15) is 4.79 Å². The number of hydrogen-bond donors (Lipinski definition) is 2. The Kier molecular flexibility index (Phi) is 7.56. The highest BCUT2D eigenvalue weighted by Crippen LogP contribution is 2.34. The minimum absolute atomic E-state index is 0.0410. The second kappa shape index (κ2) is 10.8. The molecule has 1 aliphatic carbocycles. The highest BCUT2D eigenvalue weighted by atomic mass is 16.5. The number of nitrogens with one attached hydrogen (secondary N) is 2. The summed E-state index contributed by atoms with van der Waals surface area (Å²) in [6.07, 6.45) is 4.78. The molecule has 0 aliphatic heterocycles. The zero-order valence-electron chi connectivity index (χ0n) is 19.1. The van der Waals surface area contributed by atoms with Crippen molar-refractivity contribution < 1.29 is 9.53 Å². The highest BCUT2D eigenvalue weighted by Gasteiger charge is 2.25. The minimum Gasteiger partial charge on any atom is -0.383 e. The van der Waals surface area contributed by atoms with Crippen LogP contribution < -0.4 is 10.6 Å². The summed E-state index contributed by atoms with van der Waals surface area (Å²) in [5.74, 6) is 0.493. The fourth-order valence-electron chi connectivity index (χ4n) is 4.99. The van der Waals surface area contributed by atoms with Crippen LogP contribution in [-0.4, -0.2) is 32.2 Å². The molecule has 4 nitrogen and oxygen atoms in total. The van der Waals surface area contributed by atoms with Gasteiger partial charge in [-0.3, -0.25) is 4.79 Å². The first-order valence-electron chi connectivity index (χ1n) is 11.8. The van der Waals surface area contributed by atoms with Crippen LogP contribution in [0.3, 0.4) is 0 Å². The summed E-state index contributed by atoms with van der Waals surface area (Å²) >= 11 is 0. The van der Waals surface area contributed by atoms with E-state index in [-0.39, 0.29) is 5.91 Å². The summed E-state index contributed by atoms with van der Waals surface area (Å²) in [7, 11) is 1.63. The average molecular weight is 431 g/mol. The van der Waals surface area contributed by atoms with Crippen molar-refractivity contribution in [3.05, 3.63) is 83.4 Å². The summed E-state index contributed by atoms with van der Waals surface area (Å²) in [6.45, 7) is 3.34. The quantitative estimate of drug-likeness (QED) is 0.458. The number of ether oxygens (including phenoxy) is 1. The number of fused-ring (bicyclic) bond motifs is 1. The van der Waals surface area contributed by atoms with Crippen molar-refractivity contribution in [1.82, 2.24) is 10.6 Å². The topological polar surface area (TPSA) is 50.4 Å². The van der Waals surface area contributed by atoms with Crippen molar-refractivity contribution in [3.8, 4) is 0 Å². The monoisotopic (exact) mass is 430 g/mol. The Morgan fingerprint density at radius 1 is 1.03 bits per heavy atom. The first kappa shape index (κ1) is 22.5. The van der Waals surface area contributed by atoms with E-state index in [1.54, 1.807) is 7.11 Å². The van der Waals surface area contributed by atoms with Crippen molar-refractivity contribution in [2.75, 3.05) is 20.3 Å². The molecule has 0 aromatic heterocycles. The van der Waals surface area contributed by atoms with Crippen LogP contribution in [0.5, 0.6) is 0 Å². The van der Waals surface area contributed by atoms with Crippen molar-refractivity contribution in [2.24, 2.45) is 0 Å².